The number of Topliss-reactive ketones (excluding diaryl/α,β-unsaturated/α-hetero) is 1. The number of hydrogen-bond acceptors (Lipinski definition) is 3. The summed E-state index contributed by atoms with van der Waals surface area (Å²) in [6, 6.07) is 9.52. The van der Waals surface area contributed by atoms with E-state index in [1.165, 1.54) is 0 Å². The fraction of sp³-hybridized carbons (Fsp3) is 0.333. The van der Waals surface area contributed by atoms with Gasteiger partial charge in [0.15, 0.2) is 5.78 Å². The SMILES string of the molecule is COC(C(=O)Cc1c(Br)c(C)nn1C)c1ccccc1. The van der Waals surface area contributed by atoms with Crippen molar-refractivity contribution in [2.45, 2.75) is 19.4 Å². The van der Waals surface area contributed by atoms with Gasteiger partial charge in [0, 0.05) is 14.2 Å². The third-order valence-electron chi connectivity index (χ3n) is 3.23. The van der Waals surface area contributed by atoms with E-state index in [-0.39, 0.29) is 12.2 Å². The molecule has 0 aliphatic rings. The average molecular weight is 337 g/mol. The lowest BCUT2D eigenvalue weighted by Gasteiger charge is -2.14. The molecule has 20 heavy (non-hydrogen) atoms. The smallest absolute Gasteiger partial charge is 0.172 e. The van der Waals surface area contributed by atoms with E-state index in [2.05, 4.69) is 21.0 Å². The van der Waals surface area contributed by atoms with Gasteiger partial charge in [0.25, 0.3) is 0 Å². The van der Waals surface area contributed by atoms with Crippen LogP contribution in [0, 0.1) is 6.92 Å². The molecular weight excluding hydrogens is 320 g/mol. The summed E-state index contributed by atoms with van der Waals surface area (Å²) >= 11 is 3.48. The summed E-state index contributed by atoms with van der Waals surface area (Å²) in [6.45, 7) is 1.91. The Hall–Kier alpha value is -1.46. The summed E-state index contributed by atoms with van der Waals surface area (Å²) in [5.41, 5.74) is 2.62. The van der Waals surface area contributed by atoms with Gasteiger partial charge in [0.2, 0.25) is 0 Å². The third-order valence-corrected chi connectivity index (χ3v) is 4.27. The number of carbonyl (C=O) groups is 1. The summed E-state index contributed by atoms with van der Waals surface area (Å²) in [7, 11) is 3.39. The van der Waals surface area contributed by atoms with E-state index in [1.807, 2.05) is 44.3 Å². The molecule has 0 saturated carbocycles. The highest BCUT2D eigenvalue weighted by Gasteiger charge is 2.23. The van der Waals surface area contributed by atoms with Crippen molar-refractivity contribution in [1.29, 1.82) is 0 Å². The van der Waals surface area contributed by atoms with E-state index in [1.54, 1.807) is 11.8 Å². The molecule has 1 heterocycles. The molecule has 0 aliphatic carbocycles. The van der Waals surface area contributed by atoms with Gasteiger partial charge in [0.05, 0.1) is 22.3 Å². The molecule has 0 fully saturated rings. The Balaban J connectivity index is 2.22. The highest BCUT2D eigenvalue weighted by Crippen LogP contribution is 2.24. The standard InChI is InChI=1S/C15H17BrN2O2/c1-10-14(16)12(18(2)17-10)9-13(19)15(20-3)11-7-5-4-6-8-11/h4-8,15H,9H2,1-3H3. The van der Waals surface area contributed by atoms with E-state index in [0.29, 0.717) is 0 Å². The summed E-state index contributed by atoms with van der Waals surface area (Å²) in [6.07, 6.45) is -0.260. The summed E-state index contributed by atoms with van der Waals surface area (Å²) in [4.78, 5) is 12.5. The van der Waals surface area contributed by atoms with Gasteiger partial charge in [-0.05, 0) is 28.4 Å². The fourth-order valence-electron chi connectivity index (χ4n) is 2.21. The van der Waals surface area contributed by atoms with Crippen LogP contribution in [0.3, 0.4) is 0 Å². The lowest BCUT2D eigenvalue weighted by molar-refractivity contribution is -0.128. The molecule has 1 aromatic heterocycles. The number of ketones is 1. The number of nitrogens with zero attached hydrogens (tertiary/aromatic N) is 2. The minimum Gasteiger partial charge on any atom is -0.369 e. The van der Waals surface area contributed by atoms with Crippen LogP contribution in [0.5, 0.6) is 0 Å². The number of carbonyl (C=O) groups excluding carboxylic acids is 1. The van der Waals surface area contributed by atoms with Crippen molar-refractivity contribution in [2.24, 2.45) is 7.05 Å². The van der Waals surface area contributed by atoms with Crippen molar-refractivity contribution in [3.05, 3.63) is 51.8 Å². The Morgan fingerprint density at radius 1 is 1.40 bits per heavy atom. The summed E-state index contributed by atoms with van der Waals surface area (Å²) in [5.74, 6) is 0.0161. The second-order valence-electron chi connectivity index (χ2n) is 4.64. The maximum absolute atomic E-state index is 12.5. The number of aromatic nitrogens is 2. The second-order valence-corrected chi connectivity index (χ2v) is 5.43. The van der Waals surface area contributed by atoms with Crippen LogP contribution in [-0.2, 0) is 23.0 Å². The van der Waals surface area contributed by atoms with E-state index >= 15 is 0 Å². The first-order valence-corrected chi connectivity index (χ1v) is 7.12. The Labute approximate surface area is 126 Å². The molecule has 0 N–H and O–H groups in total. The molecule has 2 rings (SSSR count). The van der Waals surface area contributed by atoms with Gasteiger partial charge in [0.1, 0.15) is 6.10 Å². The van der Waals surface area contributed by atoms with Crippen LogP contribution in [0.4, 0.5) is 0 Å². The number of halogens is 1. The highest BCUT2D eigenvalue weighted by molar-refractivity contribution is 9.10. The molecule has 1 atom stereocenters. The lowest BCUT2D eigenvalue weighted by Crippen LogP contribution is -2.18. The molecule has 0 bridgehead atoms. The van der Waals surface area contributed by atoms with Gasteiger partial charge in [-0.3, -0.25) is 9.48 Å². The molecule has 106 valence electrons. The van der Waals surface area contributed by atoms with Gasteiger partial charge < -0.3 is 4.74 Å². The van der Waals surface area contributed by atoms with Crippen LogP contribution in [0.1, 0.15) is 23.1 Å². The Morgan fingerprint density at radius 3 is 2.55 bits per heavy atom. The van der Waals surface area contributed by atoms with Crippen LogP contribution in [0.2, 0.25) is 0 Å². The van der Waals surface area contributed by atoms with E-state index in [0.717, 1.165) is 21.4 Å². The molecule has 0 amide bonds. The van der Waals surface area contributed by atoms with Gasteiger partial charge in [-0.2, -0.15) is 5.10 Å². The normalized spacial score (nSPS) is 12.4. The number of benzene rings is 1. The second kappa shape index (κ2) is 6.33. The molecule has 1 aromatic carbocycles. The Bertz CT molecular complexity index is 608. The van der Waals surface area contributed by atoms with Gasteiger partial charge >= 0.3 is 0 Å². The topological polar surface area (TPSA) is 44.1 Å². The monoisotopic (exact) mass is 336 g/mol. The molecule has 0 aliphatic heterocycles. The van der Waals surface area contributed by atoms with Crippen molar-refractivity contribution in [3.63, 3.8) is 0 Å². The Kier molecular flexibility index (Phi) is 4.73. The van der Waals surface area contributed by atoms with E-state index in [9.17, 15) is 4.79 Å². The molecule has 2 aromatic rings. The largest absolute Gasteiger partial charge is 0.369 e. The predicted octanol–water partition coefficient (Wildman–Crippen LogP) is 2.99. The number of aryl methyl sites for hydroxylation is 2. The molecule has 5 heteroatoms. The van der Waals surface area contributed by atoms with E-state index < -0.39 is 6.10 Å². The molecule has 4 nitrogen and oxygen atoms in total. The zero-order chi connectivity index (χ0) is 14.7. The number of hydrogen-bond donors (Lipinski definition) is 0. The van der Waals surface area contributed by atoms with Crippen LogP contribution >= 0.6 is 15.9 Å². The fourth-order valence-corrected chi connectivity index (χ4v) is 2.69. The number of methoxy groups -OCH3 is 1. The third kappa shape index (κ3) is 2.99. The minimum absolute atomic E-state index is 0.0161. The van der Waals surface area contributed by atoms with Gasteiger partial charge in [-0.15, -0.1) is 0 Å². The minimum atomic E-state index is -0.543. The van der Waals surface area contributed by atoms with E-state index in [4.69, 9.17) is 4.74 Å². The maximum Gasteiger partial charge on any atom is 0.172 e. The first kappa shape index (κ1) is 14.9. The zero-order valence-electron chi connectivity index (χ0n) is 11.8. The van der Waals surface area contributed by atoms with Crippen molar-refractivity contribution in [1.82, 2.24) is 9.78 Å². The van der Waals surface area contributed by atoms with Crippen LogP contribution in [0.25, 0.3) is 0 Å². The lowest BCUT2D eigenvalue weighted by atomic mass is 10.0. The highest BCUT2D eigenvalue weighted by atomic mass is 79.9. The van der Waals surface area contributed by atoms with Crippen LogP contribution in [0.15, 0.2) is 34.8 Å². The van der Waals surface area contributed by atoms with Crippen molar-refractivity contribution in [2.75, 3.05) is 7.11 Å². The summed E-state index contributed by atoms with van der Waals surface area (Å²) in [5, 5.41) is 4.30. The van der Waals surface area contributed by atoms with Gasteiger partial charge in [-0.1, -0.05) is 30.3 Å². The summed E-state index contributed by atoms with van der Waals surface area (Å²) < 4.78 is 7.98. The zero-order valence-corrected chi connectivity index (χ0v) is 13.3. The van der Waals surface area contributed by atoms with Crippen molar-refractivity contribution in [3.8, 4) is 0 Å². The van der Waals surface area contributed by atoms with Crippen LogP contribution < -0.4 is 0 Å². The molecule has 0 spiro atoms. The quantitative estimate of drug-likeness (QED) is 0.843. The average Bonchev–Trinajstić information content (AvgIpc) is 2.67. The number of rotatable bonds is 5. The molecule has 1 unspecified atom stereocenters. The van der Waals surface area contributed by atoms with Crippen molar-refractivity contribution < 1.29 is 9.53 Å². The first-order chi connectivity index (χ1) is 9.54. The molecule has 0 saturated heterocycles. The predicted molar refractivity (Wildman–Crippen MR) is 80.5 cm³/mol. The molecular formula is C15H17BrN2O2. The Morgan fingerprint density at radius 2 is 2.05 bits per heavy atom. The molecule has 0 radical (unpaired) electrons. The first-order valence-electron chi connectivity index (χ1n) is 6.33. The van der Waals surface area contributed by atoms with Crippen LogP contribution in [-0.4, -0.2) is 22.7 Å². The van der Waals surface area contributed by atoms with Crippen molar-refractivity contribution >= 4 is 21.7 Å². The maximum atomic E-state index is 12.5. The number of ether oxygens (including phenoxy) is 1. The van der Waals surface area contributed by atoms with Gasteiger partial charge in [-0.25, -0.2) is 0 Å².